The fourth-order valence-corrected chi connectivity index (χ4v) is 4.10. The summed E-state index contributed by atoms with van der Waals surface area (Å²) >= 11 is 0. The van der Waals surface area contributed by atoms with E-state index in [0.717, 1.165) is 23.8 Å². The predicted molar refractivity (Wildman–Crippen MR) is 107 cm³/mol. The van der Waals surface area contributed by atoms with Gasteiger partial charge in [-0.2, -0.15) is 0 Å². The van der Waals surface area contributed by atoms with Crippen LogP contribution in [0.4, 0.5) is 14.5 Å². The minimum absolute atomic E-state index is 0.0118. The lowest BCUT2D eigenvalue weighted by atomic mass is 9.84. The lowest BCUT2D eigenvalue weighted by Crippen LogP contribution is -2.43. The van der Waals surface area contributed by atoms with E-state index in [2.05, 4.69) is 5.32 Å². The standard InChI is InChI=1S/C22H28F2N2O4/c1-21(2,10-16(28)29)7-8-25-15(27)11-26-19-14(23)9-13(12-5-6-12)18(24)17(19)22(3,4)20(26)30/h9,12H,5-8,10-11H2,1-4H3,(H,25,27)(H,28,29). The van der Waals surface area contributed by atoms with Crippen molar-refractivity contribution in [3.05, 3.63) is 28.8 Å². The van der Waals surface area contributed by atoms with Gasteiger partial charge in [0.2, 0.25) is 11.8 Å². The second-order valence-electron chi connectivity index (χ2n) is 9.61. The molecular formula is C22H28F2N2O4. The van der Waals surface area contributed by atoms with Crippen molar-refractivity contribution in [1.82, 2.24) is 5.32 Å². The molecule has 1 aliphatic carbocycles. The molecule has 1 heterocycles. The zero-order valence-electron chi connectivity index (χ0n) is 17.8. The number of benzene rings is 1. The van der Waals surface area contributed by atoms with Gasteiger partial charge in [-0.1, -0.05) is 13.8 Å². The lowest BCUT2D eigenvalue weighted by molar-refractivity contribution is -0.139. The molecule has 0 radical (unpaired) electrons. The Morgan fingerprint density at radius 2 is 1.93 bits per heavy atom. The van der Waals surface area contributed by atoms with Gasteiger partial charge in [-0.05, 0) is 56.1 Å². The highest BCUT2D eigenvalue weighted by Gasteiger charge is 2.49. The number of rotatable bonds is 8. The van der Waals surface area contributed by atoms with Gasteiger partial charge in [0.25, 0.3) is 0 Å². The number of nitrogens with zero attached hydrogens (tertiary/aromatic N) is 1. The van der Waals surface area contributed by atoms with Gasteiger partial charge in [-0.3, -0.25) is 19.3 Å². The Hall–Kier alpha value is -2.51. The first-order valence-corrected chi connectivity index (χ1v) is 10.2. The number of hydrogen-bond acceptors (Lipinski definition) is 3. The number of halogens is 2. The van der Waals surface area contributed by atoms with E-state index in [9.17, 15) is 18.8 Å². The van der Waals surface area contributed by atoms with E-state index in [4.69, 9.17) is 5.11 Å². The van der Waals surface area contributed by atoms with Crippen LogP contribution in [0.3, 0.4) is 0 Å². The molecule has 2 N–H and O–H groups in total. The summed E-state index contributed by atoms with van der Waals surface area (Å²) in [4.78, 5) is 37.2. The van der Waals surface area contributed by atoms with Crippen LogP contribution in [0.5, 0.6) is 0 Å². The molecule has 1 saturated carbocycles. The van der Waals surface area contributed by atoms with E-state index >= 15 is 4.39 Å². The van der Waals surface area contributed by atoms with Crippen molar-refractivity contribution in [1.29, 1.82) is 0 Å². The van der Waals surface area contributed by atoms with Gasteiger partial charge in [0.1, 0.15) is 18.2 Å². The molecule has 2 aliphatic rings. The number of carbonyl (C=O) groups is 3. The normalized spacial score (nSPS) is 17.8. The molecule has 1 aromatic carbocycles. The quantitative estimate of drug-likeness (QED) is 0.672. The molecule has 2 amide bonds. The maximum atomic E-state index is 15.2. The summed E-state index contributed by atoms with van der Waals surface area (Å²) in [6.07, 6.45) is 1.99. The predicted octanol–water partition coefficient (Wildman–Crippen LogP) is 3.47. The Morgan fingerprint density at radius 1 is 1.30 bits per heavy atom. The van der Waals surface area contributed by atoms with Crippen molar-refractivity contribution < 1.29 is 28.3 Å². The van der Waals surface area contributed by atoms with Gasteiger partial charge in [0.05, 0.1) is 17.5 Å². The summed E-state index contributed by atoms with van der Waals surface area (Å²) in [7, 11) is 0. The molecule has 0 spiro atoms. The minimum atomic E-state index is -1.27. The summed E-state index contributed by atoms with van der Waals surface area (Å²) < 4.78 is 30.1. The van der Waals surface area contributed by atoms with Crippen molar-refractivity contribution >= 4 is 23.5 Å². The van der Waals surface area contributed by atoms with Gasteiger partial charge < -0.3 is 10.4 Å². The molecule has 0 unspecified atom stereocenters. The highest BCUT2D eigenvalue weighted by Crippen LogP contribution is 2.50. The van der Waals surface area contributed by atoms with Crippen LogP contribution in [0.25, 0.3) is 0 Å². The molecule has 8 heteroatoms. The molecule has 6 nitrogen and oxygen atoms in total. The summed E-state index contributed by atoms with van der Waals surface area (Å²) in [6.45, 7) is 6.44. The molecule has 0 saturated heterocycles. The lowest BCUT2D eigenvalue weighted by Gasteiger charge is -2.23. The molecule has 1 aliphatic heterocycles. The van der Waals surface area contributed by atoms with Gasteiger partial charge in [0.15, 0.2) is 0 Å². The van der Waals surface area contributed by atoms with E-state index < -0.39 is 46.8 Å². The number of carboxylic acids is 1. The maximum absolute atomic E-state index is 15.2. The first-order chi connectivity index (χ1) is 13.8. The fourth-order valence-electron chi connectivity index (χ4n) is 4.10. The second-order valence-corrected chi connectivity index (χ2v) is 9.61. The Bertz CT molecular complexity index is 907. The average Bonchev–Trinajstić information content (AvgIpc) is 3.41. The number of hydrogen-bond donors (Lipinski definition) is 2. The van der Waals surface area contributed by atoms with Gasteiger partial charge in [-0.25, -0.2) is 8.78 Å². The van der Waals surface area contributed by atoms with E-state index in [1.807, 2.05) is 0 Å². The Kier molecular flexibility index (Phi) is 5.64. The van der Waals surface area contributed by atoms with Crippen molar-refractivity contribution in [2.24, 2.45) is 5.41 Å². The SMILES string of the molecule is CC(C)(CCNC(=O)CN1C(=O)C(C)(C)c2c(F)c(C3CC3)cc(F)c21)CC(=O)O. The Labute approximate surface area is 174 Å². The van der Waals surface area contributed by atoms with Crippen LogP contribution in [-0.2, 0) is 19.8 Å². The first-order valence-electron chi connectivity index (χ1n) is 10.2. The van der Waals surface area contributed by atoms with Crippen LogP contribution >= 0.6 is 0 Å². The van der Waals surface area contributed by atoms with Crippen molar-refractivity contribution in [3.8, 4) is 0 Å². The number of carbonyl (C=O) groups excluding carboxylic acids is 2. The zero-order chi connectivity index (χ0) is 22.4. The van der Waals surface area contributed by atoms with Crippen molar-refractivity contribution in [3.63, 3.8) is 0 Å². The molecule has 0 atom stereocenters. The molecule has 164 valence electrons. The van der Waals surface area contributed by atoms with Crippen LogP contribution in [0.1, 0.15) is 70.4 Å². The maximum Gasteiger partial charge on any atom is 0.303 e. The van der Waals surface area contributed by atoms with Crippen LogP contribution < -0.4 is 10.2 Å². The molecule has 0 bridgehead atoms. The molecule has 1 fully saturated rings. The van der Waals surface area contributed by atoms with Gasteiger partial charge in [-0.15, -0.1) is 0 Å². The van der Waals surface area contributed by atoms with Gasteiger partial charge in [0, 0.05) is 12.1 Å². The van der Waals surface area contributed by atoms with E-state index in [-0.39, 0.29) is 30.1 Å². The number of anilines is 1. The minimum Gasteiger partial charge on any atom is -0.481 e. The van der Waals surface area contributed by atoms with Crippen LogP contribution in [0, 0.1) is 17.0 Å². The van der Waals surface area contributed by atoms with E-state index in [0.29, 0.717) is 12.0 Å². The first kappa shape index (κ1) is 22.2. The molecular weight excluding hydrogens is 394 g/mol. The summed E-state index contributed by atoms with van der Waals surface area (Å²) in [5, 5.41) is 11.6. The molecule has 0 aromatic heterocycles. The van der Waals surface area contributed by atoms with Crippen LogP contribution in [-0.4, -0.2) is 36.0 Å². The topological polar surface area (TPSA) is 86.7 Å². The molecule has 1 aromatic rings. The zero-order valence-corrected chi connectivity index (χ0v) is 17.8. The number of nitrogens with one attached hydrogen (secondary N) is 1. The van der Waals surface area contributed by atoms with Crippen molar-refractivity contribution in [2.45, 2.75) is 64.7 Å². The number of carboxylic acid groups (broad SMARTS) is 1. The summed E-state index contributed by atoms with van der Waals surface area (Å²) in [6, 6.07) is 1.15. The average molecular weight is 422 g/mol. The second kappa shape index (κ2) is 7.63. The molecule has 3 rings (SSSR count). The number of aliphatic carboxylic acids is 1. The summed E-state index contributed by atoms with van der Waals surface area (Å²) in [5.74, 6) is -3.21. The summed E-state index contributed by atoms with van der Waals surface area (Å²) in [5.41, 5.74) is -1.61. The Balaban J connectivity index is 1.75. The highest BCUT2D eigenvalue weighted by atomic mass is 19.1. The third-order valence-electron chi connectivity index (χ3n) is 5.97. The third-order valence-corrected chi connectivity index (χ3v) is 5.97. The molecule has 30 heavy (non-hydrogen) atoms. The van der Waals surface area contributed by atoms with Crippen LogP contribution in [0.15, 0.2) is 6.07 Å². The van der Waals surface area contributed by atoms with Gasteiger partial charge >= 0.3 is 5.97 Å². The Morgan fingerprint density at radius 3 is 2.50 bits per heavy atom. The monoisotopic (exact) mass is 422 g/mol. The smallest absolute Gasteiger partial charge is 0.303 e. The fraction of sp³-hybridized carbons (Fsp3) is 0.591. The largest absolute Gasteiger partial charge is 0.481 e. The number of amides is 2. The van der Waals surface area contributed by atoms with E-state index in [1.54, 1.807) is 27.7 Å². The van der Waals surface area contributed by atoms with Crippen molar-refractivity contribution in [2.75, 3.05) is 18.0 Å². The highest BCUT2D eigenvalue weighted by molar-refractivity contribution is 6.10. The third kappa shape index (κ3) is 4.18. The van der Waals surface area contributed by atoms with E-state index in [1.165, 1.54) is 0 Å². The van der Waals surface area contributed by atoms with Crippen LogP contribution in [0.2, 0.25) is 0 Å². The number of fused-ring (bicyclic) bond motifs is 1.